The third-order valence-electron chi connectivity index (χ3n) is 3.49. The van der Waals surface area contributed by atoms with Gasteiger partial charge in [-0.25, -0.2) is 13.4 Å². The molecule has 0 aliphatic rings. The van der Waals surface area contributed by atoms with Crippen molar-refractivity contribution >= 4 is 31.4 Å². The second-order valence-electron chi connectivity index (χ2n) is 4.94. The first kappa shape index (κ1) is 14.9. The van der Waals surface area contributed by atoms with Crippen molar-refractivity contribution in [2.24, 2.45) is 0 Å². The van der Waals surface area contributed by atoms with Crippen molar-refractivity contribution in [3.8, 4) is 11.4 Å². The normalized spacial score (nSPS) is 11.9. The van der Waals surface area contributed by atoms with Gasteiger partial charge in [-0.1, -0.05) is 6.92 Å². The minimum absolute atomic E-state index is 0.0574. The van der Waals surface area contributed by atoms with Gasteiger partial charge in [-0.3, -0.25) is 4.79 Å². The fraction of sp³-hybridized carbons (Fsp3) is 0.200. The fourth-order valence-corrected chi connectivity index (χ4v) is 4.02. The van der Waals surface area contributed by atoms with Gasteiger partial charge in [-0.2, -0.15) is 0 Å². The van der Waals surface area contributed by atoms with Gasteiger partial charge >= 0.3 is 0 Å². The van der Waals surface area contributed by atoms with E-state index in [0.29, 0.717) is 21.6 Å². The Morgan fingerprint density at radius 3 is 2.55 bits per heavy atom. The number of nitrogens with zero attached hydrogens (tertiary/aromatic N) is 1. The second-order valence-corrected chi connectivity index (χ2v) is 8.08. The van der Waals surface area contributed by atoms with E-state index in [0.717, 1.165) is 5.56 Å². The van der Waals surface area contributed by atoms with E-state index in [4.69, 9.17) is 0 Å². The number of hydrogen-bond donors (Lipinski definition) is 1. The van der Waals surface area contributed by atoms with Crippen molar-refractivity contribution in [1.29, 1.82) is 0 Å². The zero-order valence-corrected chi connectivity index (χ0v) is 13.7. The summed E-state index contributed by atoms with van der Waals surface area (Å²) in [7, 11) is -3.23. The Kier molecular flexibility index (Phi) is 3.62. The monoisotopic (exact) mass is 334 g/mol. The topological polar surface area (TPSA) is 79.9 Å². The van der Waals surface area contributed by atoms with Crippen LogP contribution in [0.1, 0.15) is 12.5 Å². The second kappa shape index (κ2) is 5.33. The van der Waals surface area contributed by atoms with Crippen molar-refractivity contribution in [1.82, 2.24) is 9.97 Å². The summed E-state index contributed by atoms with van der Waals surface area (Å²) in [6.45, 7) is 3.48. The number of sulfone groups is 1. The molecule has 3 rings (SSSR count). The molecule has 0 unspecified atom stereocenters. The van der Waals surface area contributed by atoms with E-state index in [1.807, 2.05) is 12.3 Å². The summed E-state index contributed by atoms with van der Waals surface area (Å²) >= 11 is 1.42. The Morgan fingerprint density at radius 1 is 1.23 bits per heavy atom. The first-order chi connectivity index (χ1) is 10.4. The van der Waals surface area contributed by atoms with Gasteiger partial charge in [0.1, 0.15) is 10.7 Å². The van der Waals surface area contributed by atoms with E-state index in [-0.39, 0.29) is 16.2 Å². The van der Waals surface area contributed by atoms with Crippen molar-refractivity contribution in [3.05, 3.63) is 45.6 Å². The van der Waals surface area contributed by atoms with Gasteiger partial charge in [-0.15, -0.1) is 11.3 Å². The maximum Gasteiger partial charge on any atom is 0.260 e. The number of rotatable bonds is 3. The van der Waals surface area contributed by atoms with Crippen molar-refractivity contribution in [2.45, 2.75) is 18.7 Å². The van der Waals surface area contributed by atoms with E-state index in [9.17, 15) is 13.2 Å². The van der Waals surface area contributed by atoms with E-state index in [1.54, 1.807) is 19.1 Å². The molecule has 114 valence electrons. The lowest BCUT2D eigenvalue weighted by Gasteiger charge is -2.04. The summed E-state index contributed by atoms with van der Waals surface area (Å²) in [5.74, 6) is 0.502. The smallest absolute Gasteiger partial charge is 0.260 e. The largest absolute Gasteiger partial charge is 0.306 e. The quantitative estimate of drug-likeness (QED) is 0.798. The first-order valence-electron chi connectivity index (χ1n) is 6.73. The fourth-order valence-electron chi connectivity index (χ4n) is 2.21. The van der Waals surface area contributed by atoms with Crippen LogP contribution >= 0.6 is 11.3 Å². The molecular formula is C15H14N2O3S2. The lowest BCUT2D eigenvalue weighted by atomic mass is 10.2. The molecule has 0 bridgehead atoms. The highest BCUT2D eigenvalue weighted by Crippen LogP contribution is 2.23. The predicted octanol–water partition coefficient (Wildman–Crippen LogP) is 2.75. The molecule has 7 heteroatoms. The maximum atomic E-state index is 12.1. The van der Waals surface area contributed by atoms with E-state index in [2.05, 4.69) is 9.97 Å². The van der Waals surface area contributed by atoms with Gasteiger partial charge in [-0.05, 0) is 42.1 Å². The lowest BCUT2D eigenvalue weighted by Crippen LogP contribution is -2.09. The van der Waals surface area contributed by atoms with Crippen LogP contribution in [-0.4, -0.2) is 24.1 Å². The summed E-state index contributed by atoms with van der Waals surface area (Å²) in [4.78, 5) is 20.3. The average molecular weight is 334 g/mol. The van der Waals surface area contributed by atoms with Gasteiger partial charge in [0.05, 0.1) is 16.0 Å². The van der Waals surface area contributed by atoms with Crippen molar-refractivity contribution in [2.75, 3.05) is 5.75 Å². The molecule has 22 heavy (non-hydrogen) atoms. The average Bonchev–Trinajstić information content (AvgIpc) is 2.89. The molecule has 1 N–H and O–H groups in total. The van der Waals surface area contributed by atoms with Gasteiger partial charge in [0.2, 0.25) is 0 Å². The number of aromatic nitrogens is 2. The Labute approximate surface area is 131 Å². The minimum Gasteiger partial charge on any atom is -0.306 e. The van der Waals surface area contributed by atoms with Gasteiger partial charge in [0.25, 0.3) is 5.56 Å². The molecule has 1 aromatic carbocycles. The van der Waals surface area contributed by atoms with Crippen molar-refractivity contribution < 1.29 is 8.42 Å². The highest BCUT2D eigenvalue weighted by molar-refractivity contribution is 7.91. The summed E-state index contributed by atoms with van der Waals surface area (Å²) in [6, 6.07) is 6.40. The predicted molar refractivity (Wildman–Crippen MR) is 88.1 cm³/mol. The Hall–Kier alpha value is -1.99. The number of aryl methyl sites for hydroxylation is 1. The van der Waals surface area contributed by atoms with Crippen LogP contribution < -0.4 is 5.56 Å². The SMILES string of the molecule is CCS(=O)(=O)c1ccc(-c2nc3scc(C)c3c(=O)[nH]2)cc1. The molecule has 2 aromatic heterocycles. The van der Waals surface area contributed by atoms with Gasteiger partial charge < -0.3 is 4.98 Å². The van der Waals surface area contributed by atoms with Crippen LogP contribution in [0.3, 0.4) is 0 Å². The first-order valence-corrected chi connectivity index (χ1v) is 9.27. The van der Waals surface area contributed by atoms with E-state index in [1.165, 1.54) is 23.5 Å². The third-order valence-corrected chi connectivity index (χ3v) is 6.24. The van der Waals surface area contributed by atoms with Gasteiger partial charge in [0, 0.05) is 5.56 Å². The summed E-state index contributed by atoms with van der Waals surface area (Å²) < 4.78 is 23.6. The summed E-state index contributed by atoms with van der Waals surface area (Å²) in [5, 5.41) is 2.51. The van der Waals surface area contributed by atoms with Crippen LogP contribution in [0.5, 0.6) is 0 Å². The number of nitrogens with one attached hydrogen (secondary N) is 1. The van der Waals surface area contributed by atoms with Crippen LogP contribution in [0, 0.1) is 6.92 Å². The number of hydrogen-bond acceptors (Lipinski definition) is 5. The zero-order chi connectivity index (χ0) is 15.9. The molecule has 0 atom stereocenters. The molecule has 0 amide bonds. The molecule has 0 radical (unpaired) electrons. The van der Waals surface area contributed by atoms with Crippen LogP contribution in [0.2, 0.25) is 0 Å². The molecule has 0 saturated heterocycles. The van der Waals surface area contributed by atoms with Crippen molar-refractivity contribution in [3.63, 3.8) is 0 Å². The van der Waals surface area contributed by atoms with Crippen LogP contribution in [-0.2, 0) is 9.84 Å². The molecular weight excluding hydrogens is 320 g/mol. The minimum atomic E-state index is -3.23. The molecule has 0 spiro atoms. The lowest BCUT2D eigenvalue weighted by molar-refractivity contribution is 0.597. The number of fused-ring (bicyclic) bond motifs is 1. The van der Waals surface area contributed by atoms with Crippen LogP contribution in [0.15, 0.2) is 39.3 Å². The Balaban J connectivity index is 2.10. The number of thiophene rings is 1. The highest BCUT2D eigenvalue weighted by atomic mass is 32.2. The Bertz CT molecular complexity index is 999. The molecule has 0 aliphatic carbocycles. The highest BCUT2D eigenvalue weighted by Gasteiger charge is 2.13. The van der Waals surface area contributed by atoms with Crippen LogP contribution in [0.25, 0.3) is 21.6 Å². The van der Waals surface area contributed by atoms with Gasteiger partial charge in [0.15, 0.2) is 9.84 Å². The maximum absolute atomic E-state index is 12.1. The number of benzene rings is 1. The molecule has 0 aliphatic heterocycles. The number of aromatic amines is 1. The Morgan fingerprint density at radius 2 is 1.91 bits per heavy atom. The van der Waals surface area contributed by atoms with E-state index < -0.39 is 9.84 Å². The molecule has 3 aromatic rings. The summed E-state index contributed by atoms with van der Waals surface area (Å²) in [5.41, 5.74) is 1.41. The number of H-pyrrole nitrogens is 1. The standard InChI is InChI=1S/C15H14N2O3S2/c1-3-22(19,20)11-6-4-10(5-7-11)13-16-14(18)12-9(2)8-21-15(12)17-13/h4-8H,3H2,1-2H3,(H,16,17,18). The molecule has 0 fully saturated rings. The molecule has 2 heterocycles. The third kappa shape index (κ3) is 2.46. The zero-order valence-electron chi connectivity index (χ0n) is 12.1. The van der Waals surface area contributed by atoms with Crippen LogP contribution in [0.4, 0.5) is 0 Å². The summed E-state index contributed by atoms with van der Waals surface area (Å²) in [6.07, 6.45) is 0. The molecule has 0 saturated carbocycles. The van der Waals surface area contributed by atoms with E-state index >= 15 is 0 Å². The molecule has 5 nitrogen and oxygen atoms in total.